The van der Waals surface area contributed by atoms with Gasteiger partial charge in [0.25, 0.3) is 0 Å². The summed E-state index contributed by atoms with van der Waals surface area (Å²) < 4.78 is 8.19. The van der Waals surface area contributed by atoms with Crippen LogP contribution < -0.4 is 26.2 Å². The Labute approximate surface area is 198 Å². The van der Waals surface area contributed by atoms with Crippen molar-refractivity contribution in [2.45, 2.75) is 53.8 Å². The third kappa shape index (κ3) is 2.66. The molecule has 1 amide bonds. The van der Waals surface area contributed by atoms with Crippen LogP contribution >= 0.6 is 22.9 Å². The number of hydrogen-bond acceptors (Lipinski definition) is 3. The molecule has 4 nitrogen and oxygen atoms in total. The third-order valence-corrected chi connectivity index (χ3v) is 14.3. The number of hydrogen-bond donors (Lipinski definition) is 0. The molecule has 3 saturated heterocycles. The maximum atomic E-state index is 13.5. The fraction of sp³-hybridized carbons (Fsp3) is 0.696. The van der Waals surface area contributed by atoms with Crippen molar-refractivity contribution in [3.05, 3.63) is 29.3 Å². The number of alkyl halides is 1. The second-order valence-corrected chi connectivity index (χ2v) is 15.9. The van der Waals surface area contributed by atoms with Crippen molar-refractivity contribution in [1.82, 2.24) is 6.23 Å². The van der Waals surface area contributed by atoms with Gasteiger partial charge in [-0.25, -0.2) is 0 Å². The predicted molar refractivity (Wildman–Crippen MR) is 117 cm³/mol. The zero-order chi connectivity index (χ0) is 19.8. The molecule has 0 radical (unpaired) electrons. The van der Waals surface area contributed by atoms with Crippen LogP contribution in [0.4, 0.5) is 0 Å². The molecule has 2 saturated carbocycles. The molecular formula is C23H29I2N2O2-. The first-order chi connectivity index (χ1) is 14.1. The van der Waals surface area contributed by atoms with Crippen molar-refractivity contribution in [3.8, 4) is 5.75 Å². The van der Waals surface area contributed by atoms with Crippen LogP contribution in [0.3, 0.4) is 0 Å². The number of halogens is 2. The van der Waals surface area contributed by atoms with E-state index in [1.807, 2.05) is 0 Å². The molecule has 3 unspecified atom stereocenters. The second-order valence-electron chi connectivity index (χ2n) is 9.73. The molecule has 0 aromatic heterocycles. The first-order valence-corrected chi connectivity index (χ1v) is 14.2. The Balaban J connectivity index is 1.28. The van der Waals surface area contributed by atoms with E-state index < -0.39 is 0 Å². The molecule has 3 heterocycles. The summed E-state index contributed by atoms with van der Waals surface area (Å²) >= 11 is 2.07. The molecule has 6 aliphatic rings. The summed E-state index contributed by atoms with van der Waals surface area (Å²) in [6.07, 6.45) is 9.02. The SMILES string of the molecule is COc1ccc2c(c1)[C@]13CCCCC1C3([I-]N(I)C(=O)C1CN3CCC1CC3)C2. The zero-order valence-electron chi connectivity index (χ0n) is 17.0. The van der Waals surface area contributed by atoms with E-state index in [-0.39, 0.29) is 27.4 Å². The summed E-state index contributed by atoms with van der Waals surface area (Å²) in [7, 11) is 1.78. The van der Waals surface area contributed by atoms with Crippen LogP contribution in [0.25, 0.3) is 0 Å². The number of nitrogens with zero attached hydrogens (tertiary/aromatic N) is 2. The van der Waals surface area contributed by atoms with Crippen LogP contribution in [0.1, 0.15) is 49.7 Å². The van der Waals surface area contributed by atoms with Crippen LogP contribution in [-0.2, 0) is 16.6 Å². The van der Waals surface area contributed by atoms with Crippen LogP contribution in [0.2, 0.25) is 0 Å². The van der Waals surface area contributed by atoms with Gasteiger partial charge in [0.05, 0.1) is 0 Å². The summed E-state index contributed by atoms with van der Waals surface area (Å²) in [5.41, 5.74) is 3.45. The quantitative estimate of drug-likeness (QED) is 0.286. The normalized spacial score (nSPS) is 41.4. The Morgan fingerprint density at radius 2 is 2.10 bits per heavy atom. The molecule has 1 aromatic rings. The van der Waals surface area contributed by atoms with E-state index in [0.29, 0.717) is 20.7 Å². The summed E-state index contributed by atoms with van der Waals surface area (Å²) in [5.74, 6) is 3.14. The Bertz CT molecular complexity index is 855. The van der Waals surface area contributed by atoms with Gasteiger partial charge in [-0.3, -0.25) is 0 Å². The molecule has 1 aromatic carbocycles. The minimum absolute atomic E-state index is 0.256. The van der Waals surface area contributed by atoms with Gasteiger partial charge in [0, 0.05) is 0 Å². The molecule has 0 N–H and O–H groups in total. The van der Waals surface area contributed by atoms with Gasteiger partial charge in [-0.05, 0) is 0 Å². The van der Waals surface area contributed by atoms with Crippen LogP contribution in [0, 0.1) is 17.8 Å². The van der Waals surface area contributed by atoms with Gasteiger partial charge in [-0.2, -0.15) is 0 Å². The third-order valence-electron chi connectivity index (χ3n) is 8.73. The fourth-order valence-corrected chi connectivity index (χ4v) is 14.2. The van der Waals surface area contributed by atoms with Gasteiger partial charge < -0.3 is 0 Å². The Morgan fingerprint density at radius 1 is 1.28 bits per heavy atom. The van der Waals surface area contributed by atoms with Crippen LogP contribution in [0.15, 0.2) is 18.2 Å². The fourth-order valence-electron chi connectivity index (χ4n) is 7.32. The summed E-state index contributed by atoms with van der Waals surface area (Å²) in [4.78, 5) is 16.0. The summed E-state index contributed by atoms with van der Waals surface area (Å²) in [5, 5.41) is 0. The van der Waals surface area contributed by atoms with Gasteiger partial charge in [0.15, 0.2) is 0 Å². The van der Waals surface area contributed by atoms with E-state index in [9.17, 15) is 4.79 Å². The van der Waals surface area contributed by atoms with Crippen molar-refractivity contribution >= 4 is 28.8 Å². The first kappa shape index (κ1) is 19.6. The Kier molecular flexibility index (Phi) is 4.70. The van der Waals surface area contributed by atoms with Crippen molar-refractivity contribution in [3.63, 3.8) is 0 Å². The van der Waals surface area contributed by atoms with E-state index in [4.69, 9.17) is 4.74 Å². The number of piperidine rings is 3. The minimum atomic E-state index is -0.342. The van der Waals surface area contributed by atoms with Crippen LogP contribution in [0.5, 0.6) is 5.75 Å². The van der Waals surface area contributed by atoms with E-state index in [2.05, 4.69) is 47.3 Å². The summed E-state index contributed by atoms with van der Waals surface area (Å²) in [6.45, 7) is 3.42. The predicted octanol–water partition coefficient (Wildman–Crippen LogP) is 0.956. The number of ether oxygens (including phenoxy) is 1. The average molecular weight is 619 g/mol. The molecule has 2 bridgehead atoms. The molecule has 4 atom stereocenters. The Morgan fingerprint density at radius 3 is 2.83 bits per heavy atom. The molecule has 1 spiro atoms. The number of rotatable bonds is 4. The van der Waals surface area contributed by atoms with Gasteiger partial charge in [-0.1, -0.05) is 0 Å². The van der Waals surface area contributed by atoms with E-state index in [0.717, 1.165) is 18.2 Å². The van der Waals surface area contributed by atoms with Gasteiger partial charge in [-0.15, -0.1) is 0 Å². The molecule has 5 fully saturated rings. The zero-order valence-corrected chi connectivity index (χ0v) is 21.3. The first-order valence-electron chi connectivity index (χ1n) is 11.1. The standard InChI is InChI=1S/C23H29I2N2O2/c1-29-17-6-5-16-13-23(20-4-2-3-9-22(20,23)19(16)12-17)25-27(24)21(28)18-14-26-10-7-15(18)8-11-26/h5-6,12,15,18,20H,2-4,7-11,13-14H2,1H3/q-1/t18?,20?,22-,23?/m1/s1. The number of carbonyl (C=O) groups excluding carboxylic acids is 1. The molecule has 3 aliphatic heterocycles. The second kappa shape index (κ2) is 6.95. The van der Waals surface area contributed by atoms with Gasteiger partial charge in [0.2, 0.25) is 0 Å². The van der Waals surface area contributed by atoms with Crippen molar-refractivity contribution in [1.29, 1.82) is 0 Å². The molecule has 7 rings (SSSR count). The van der Waals surface area contributed by atoms with E-state index in [1.165, 1.54) is 63.6 Å². The number of methoxy groups -OCH3 is 1. The van der Waals surface area contributed by atoms with Gasteiger partial charge >= 0.3 is 199 Å². The number of amides is 1. The number of carbonyl (C=O) groups is 1. The van der Waals surface area contributed by atoms with Crippen molar-refractivity contribution < 1.29 is 31.0 Å². The van der Waals surface area contributed by atoms with E-state index >= 15 is 0 Å². The van der Waals surface area contributed by atoms with Crippen LogP contribution in [-0.4, -0.2) is 42.3 Å². The molecule has 6 heteroatoms. The summed E-state index contributed by atoms with van der Waals surface area (Å²) in [6, 6.07) is 6.77. The molecule has 158 valence electrons. The maximum absolute atomic E-state index is 13.5. The number of benzene rings is 1. The Hall–Kier alpha value is -0.0900. The van der Waals surface area contributed by atoms with E-state index in [1.54, 1.807) is 12.7 Å². The van der Waals surface area contributed by atoms with Gasteiger partial charge in [0.1, 0.15) is 0 Å². The van der Waals surface area contributed by atoms with Crippen molar-refractivity contribution in [2.75, 3.05) is 26.7 Å². The average Bonchev–Trinajstić information content (AvgIpc) is 3.25. The number of fused-ring (bicyclic) bond motifs is 5. The van der Waals surface area contributed by atoms with Crippen molar-refractivity contribution in [2.24, 2.45) is 17.8 Å². The molecule has 3 aliphatic carbocycles. The topological polar surface area (TPSA) is 32.8 Å². The molecule has 29 heavy (non-hydrogen) atoms. The monoisotopic (exact) mass is 619 g/mol. The molecular weight excluding hydrogens is 590 g/mol.